The first-order valence-corrected chi connectivity index (χ1v) is 8.55. The zero-order valence-electron chi connectivity index (χ0n) is 14.5. The molecule has 6 nitrogen and oxygen atoms in total. The highest BCUT2D eigenvalue weighted by molar-refractivity contribution is 6.34. The van der Waals surface area contributed by atoms with Crippen molar-refractivity contribution in [1.29, 1.82) is 0 Å². The SMILES string of the molecule is Cc1cccc(N2CCN(C(=O)C(=O)N3CCOCC3)CC2)c1C. The Morgan fingerprint density at radius 3 is 2.08 bits per heavy atom. The Labute approximate surface area is 143 Å². The molecule has 0 saturated carbocycles. The molecule has 0 aliphatic carbocycles. The van der Waals surface area contributed by atoms with E-state index in [9.17, 15) is 9.59 Å². The fraction of sp³-hybridized carbons (Fsp3) is 0.556. The number of ether oxygens (including phenoxy) is 1. The second kappa shape index (κ2) is 7.21. The number of aryl methyl sites for hydroxylation is 1. The number of rotatable bonds is 1. The van der Waals surface area contributed by atoms with Gasteiger partial charge in [0.1, 0.15) is 0 Å². The summed E-state index contributed by atoms with van der Waals surface area (Å²) in [6.07, 6.45) is 0. The molecule has 0 aromatic heterocycles. The molecule has 3 rings (SSSR count). The zero-order chi connectivity index (χ0) is 17.1. The predicted molar refractivity (Wildman–Crippen MR) is 92.1 cm³/mol. The number of piperazine rings is 1. The summed E-state index contributed by atoms with van der Waals surface area (Å²) in [4.78, 5) is 30.3. The van der Waals surface area contributed by atoms with E-state index in [1.807, 2.05) is 0 Å². The van der Waals surface area contributed by atoms with Crippen molar-refractivity contribution < 1.29 is 14.3 Å². The van der Waals surface area contributed by atoms with Crippen LogP contribution in [0.5, 0.6) is 0 Å². The normalized spacial score (nSPS) is 18.7. The highest BCUT2D eigenvalue weighted by Crippen LogP contribution is 2.23. The van der Waals surface area contributed by atoms with E-state index in [0.29, 0.717) is 39.4 Å². The Bertz CT molecular complexity index is 618. The van der Waals surface area contributed by atoms with Crippen molar-refractivity contribution in [3.8, 4) is 0 Å². The lowest BCUT2D eigenvalue weighted by atomic mass is 10.1. The Morgan fingerprint density at radius 2 is 1.46 bits per heavy atom. The van der Waals surface area contributed by atoms with E-state index in [1.165, 1.54) is 16.8 Å². The number of carbonyl (C=O) groups excluding carboxylic acids is 2. The number of amides is 2. The van der Waals surface area contributed by atoms with E-state index >= 15 is 0 Å². The summed E-state index contributed by atoms with van der Waals surface area (Å²) in [5.41, 5.74) is 3.77. The lowest BCUT2D eigenvalue weighted by Crippen LogP contribution is -2.54. The summed E-state index contributed by atoms with van der Waals surface area (Å²) in [7, 11) is 0. The topological polar surface area (TPSA) is 53.1 Å². The number of nitrogens with zero attached hydrogens (tertiary/aromatic N) is 3. The lowest BCUT2D eigenvalue weighted by molar-refractivity contribution is -0.154. The minimum absolute atomic E-state index is 0.377. The second-order valence-corrected chi connectivity index (χ2v) is 6.40. The van der Waals surface area contributed by atoms with Gasteiger partial charge in [0.25, 0.3) is 0 Å². The van der Waals surface area contributed by atoms with Crippen molar-refractivity contribution in [2.75, 3.05) is 57.4 Å². The van der Waals surface area contributed by atoms with Crippen LogP contribution in [0, 0.1) is 13.8 Å². The van der Waals surface area contributed by atoms with Crippen LogP contribution in [0.15, 0.2) is 18.2 Å². The lowest BCUT2D eigenvalue weighted by Gasteiger charge is -2.37. The molecule has 2 aliphatic heterocycles. The minimum Gasteiger partial charge on any atom is -0.378 e. The first kappa shape index (κ1) is 16.8. The van der Waals surface area contributed by atoms with E-state index in [1.54, 1.807) is 9.80 Å². The molecule has 2 amide bonds. The van der Waals surface area contributed by atoms with Crippen molar-refractivity contribution in [3.63, 3.8) is 0 Å². The second-order valence-electron chi connectivity index (χ2n) is 6.40. The van der Waals surface area contributed by atoms with Gasteiger partial charge in [-0.15, -0.1) is 0 Å². The third kappa shape index (κ3) is 3.38. The number of hydrogen-bond acceptors (Lipinski definition) is 4. The van der Waals surface area contributed by atoms with E-state index in [4.69, 9.17) is 4.74 Å². The van der Waals surface area contributed by atoms with Gasteiger partial charge in [-0.2, -0.15) is 0 Å². The first-order valence-electron chi connectivity index (χ1n) is 8.55. The van der Waals surface area contributed by atoms with Crippen LogP contribution in [0.25, 0.3) is 0 Å². The van der Waals surface area contributed by atoms with E-state index in [2.05, 4.69) is 36.9 Å². The van der Waals surface area contributed by atoms with Crippen molar-refractivity contribution >= 4 is 17.5 Å². The fourth-order valence-electron chi connectivity index (χ4n) is 3.27. The molecule has 2 fully saturated rings. The van der Waals surface area contributed by atoms with Gasteiger partial charge in [0, 0.05) is 45.0 Å². The van der Waals surface area contributed by atoms with Gasteiger partial charge in [0.15, 0.2) is 0 Å². The number of hydrogen-bond donors (Lipinski definition) is 0. The summed E-state index contributed by atoms with van der Waals surface area (Å²) in [5, 5.41) is 0. The summed E-state index contributed by atoms with van der Waals surface area (Å²) < 4.78 is 5.23. The molecule has 1 aromatic rings. The van der Waals surface area contributed by atoms with E-state index in [0.717, 1.165) is 13.1 Å². The smallest absolute Gasteiger partial charge is 0.312 e. The van der Waals surface area contributed by atoms with Gasteiger partial charge in [-0.25, -0.2) is 0 Å². The summed E-state index contributed by atoms with van der Waals surface area (Å²) in [5.74, 6) is -0.768. The zero-order valence-corrected chi connectivity index (χ0v) is 14.5. The fourth-order valence-corrected chi connectivity index (χ4v) is 3.27. The van der Waals surface area contributed by atoms with E-state index in [-0.39, 0.29) is 5.91 Å². The maximum Gasteiger partial charge on any atom is 0.312 e. The molecule has 24 heavy (non-hydrogen) atoms. The average molecular weight is 331 g/mol. The third-order valence-electron chi connectivity index (χ3n) is 4.96. The monoisotopic (exact) mass is 331 g/mol. The molecule has 0 radical (unpaired) electrons. The molecule has 6 heteroatoms. The molecule has 0 atom stereocenters. The third-order valence-corrected chi connectivity index (χ3v) is 4.96. The largest absolute Gasteiger partial charge is 0.378 e. The highest BCUT2D eigenvalue weighted by Gasteiger charge is 2.30. The Balaban J connectivity index is 1.59. The summed E-state index contributed by atoms with van der Waals surface area (Å²) in [6, 6.07) is 6.30. The van der Waals surface area contributed by atoms with Gasteiger partial charge >= 0.3 is 11.8 Å². The van der Waals surface area contributed by atoms with Crippen LogP contribution in [0.3, 0.4) is 0 Å². The van der Waals surface area contributed by atoms with Crippen molar-refractivity contribution in [2.45, 2.75) is 13.8 Å². The molecule has 2 saturated heterocycles. The van der Waals surface area contributed by atoms with Crippen molar-refractivity contribution in [2.24, 2.45) is 0 Å². The standard InChI is InChI=1S/C18H25N3O3/c1-14-4-3-5-16(15(14)2)19-6-8-20(9-7-19)17(22)18(23)21-10-12-24-13-11-21/h3-5H,6-13H2,1-2H3. The quantitative estimate of drug-likeness (QED) is 0.715. The number of carbonyl (C=O) groups is 2. The van der Waals surface area contributed by atoms with E-state index < -0.39 is 5.91 Å². The molecule has 2 heterocycles. The van der Waals surface area contributed by atoms with Crippen LogP contribution in [-0.4, -0.2) is 74.1 Å². The molecular formula is C18H25N3O3. The van der Waals surface area contributed by atoms with Gasteiger partial charge in [-0.1, -0.05) is 12.1 Å². The van der Waals surface area contributed by atoms with Gasteiger partial charge in [-0.3, -0.25) is 9.59 Å². The van der Waals surface area contributed by atoms with Crippen molar-refractivity contribution in [3.05, 3.63) is 29.3 Å². The molecule has 1 aromatic carbocycles. The van der Waals surface area contributed by atoms with Crippen LogP contribution in [0.2, 0.25) is 0 Å². The number of benzene rings is 1. The molecule has 0 unspecified atom stereocenters. The summed E-state index contributed by atoms with van der Waals surface area (Å²) in [6.45, 7) is 8.96. The summed E-state index contributed by atoms with van der Waals surface area (Å²) >= 11 is 0. The van der Waals surface area contributed by atoms with Crippen LogP contribution < -0.4 is 4.90 Å². The number of anilines is 1. The maximum absolute atomic E-state index is 12.4. The first-order chi connectivity index (χ1) is 11.6. The molecule has 0 bridgehead atoms. The van der Waals surface area contributed by atoms with Crippen molar-refractivity contribution in [1.82, 2.24) is 9.80 Å². The molecular weight excluding hydrogens is 306 g/mol. The van der Waals surface area contributed by atoms with Crippen LogP contribution in [0.1, 0.15) is 11.1 Å². The molecule has 130 valence electrons. The average Bonchev–Trinajstić information content (AvgIpc) is 2.64. The van der Waals surface area contributed by atoms with Crippen LogP contribution in [-0.2, 0) is 14.3 Å². The van der Waals surface area contributed by atoms with Gasteiger partial charge in [0.05, 0.1) is 13.2 Å². The van der Waals surface area contributed by atoms with Gasteiger partial charge in [0.2, 0.25) is 0 Å². The predicted octanol–water partition coefficient (Wildman–Crippen LogP) is 0.811. The Kier molecular flexibility index (Phi) is 5.04. The maximum atomic E-state index is 12.4. The van der Waals surface area contributed by atoms with Crippen LogP contribution >= 0.6 is 0 Å². The highest BCUT2D eigenvalue weighted by atomic mass is 16.5. The van der Waals surface area contributed by atoms with Crippen LogP contribution in [0.4, 0.5) is 5.69 Å². The Morgan fingerprint density at radius 1 is 0.875 bits per heavy atom. The minimum atomic E-state index is -0.390. The number of morpholine rings is 1. The Hall–Kier alpha value is -2.08. The molecule has 0 spiro atoms. The van der Waals surface area contributed by atoms with Gasteiger partial charge < -0.3 is 19.4 Å². The molecule has 0 N–H and O–H groups in total. The molecule has 2 aliphatic rings. The van der Waals surface area contributed by atoms with Gasteiger partial charge in [-0.05, 0) is 31.0 Å².